The Hall–Kier alpha value is -1.10. The van der Waals surface area contributed by atoms with Gasteiger partial charge in [-0.3, -0.25) is 4.90 Å². The lowest BCUT2D eigenvalue weighted by Crippen LogP contribution is -2.41. The standard InChI is InChI=1S/C19H33NO3/c1-7-15(2)20(13-17(21)14-23-19(3,4)5)12-16-9-8-10-18(11-16)22-6/h8-11,15,17,21H,7,12-14H2,1-6H3/t15-,17+/m0/s1. The van der Waals surface area contributed by atoms with E-state index in [2.05, 4.69) is 24.8 Å². The first-order valence-corrected chi connectivity index (χ1v) is 8.44. The Balaban J connectivity index is 2.68. The fraction of sp³-hybridized carbons (Fsp3) is 0.684. The summed E-state index contributed by atoms with van der Waals surface area (Å²) in [5.74, 6) is 0.864. The highest BCUT2D eigenvalue weighted by molar-refractivity contribution is 5.28. The Kier molecular flexibility index (Phi) is 8.03. The lowest BCUT2D eigenvalue weighted by Gasteiger charge is -2.31. The van der Waals surface area contributed by atoms with Crippen molar-refractivity contribution in [3.63, 3.8) is 0 Å². The predicted octanol–water partition coefficient (Wildman–Crippen LogP) is 3.47. The highest BCUT2D eigenvalue weighted by Gasteiger charge is 2.19. The molecule has 23 heavy (non-hydrogen) atoms. The minimum absolute atomic E-state index is 0.227. The van der Waals surface area contributed by atoms with Crippen molar-refractivity contribution in [1.29, 1.82) is 0 Å². The van der Waals surface area contributed by atoms with Gasteiger partial charge in [-0.05, 0) is 51.8 Å². The van der Waals surface area contributed by atoms with E-state index in [1.54, 1.807) is 7.11 Å². The summed E-state index contributed by atoms with van der Waals surface area (Å²) < 4.78 is 11.0. The molecule has 0 aliphatic heterocycles. The zero-order valence-electron chi connectivity index (χ0n) is 15.5. The Morgan fingerprint density at radius 3 is 2.52 bits per heavy atom. The first kappa shape index (κ1) is 19.9. The van der Waals surface area contributed by atoms with Crippen LogP contribution in [0.4, 0.5) is 0 Å². The average molecular weight is 323 g/mol. The number of hydrogen-bond acceptors (Lipinski definition) is 4. The van der Waals surface area contributed by atoms with Crippen molar-refractivity contribution in [2.24, 2.45) is 0 Å². The van der Waals surface area contributed by atoms with Crippen LogP contribution in [0.25, 0.3) is 0 Å². The smallest absolute Gasteiger partial charge is 0.119 e. The van der Waals surface area contributed by atoms with Gasteiger partial charge in [0.15, 0.2) is 0 Å². The van der Waals surface area contributed by atoms with Gasteiger partial charge in [0.2, 0.25) is 0 Å². The Labute approximate surface area is 141 Å². The summed E-state index contributed by atoms with van der Waals surface area (Å²) in [6, 6.07) is 8.49. The summed E-state index contributed by atoms with van der Waals surface area (Å²) in [7, 11) is 1.68. The molecule has 1 aromatic carbocycles. The van der Waals surface area contributed by atoms with E-state index in [4.69, 9.17) is 9.47 Å². The van der Waals surface area contributed by atoms with E-state index in [9.17, 15) is 5.11 Å². The molecule has 4 nitrogen and oxygen atoms in total. The number of benzene rings is 1. The van der Waals surface area contributed by atoms with Crippen molar-refractivity contribution in [3.8, 4) is 5.75 Å². The number of aliphatic hydroxyl groups excluding tert-OH is 1. The van der Waals surface area contributed by atoms with Crippen LogP contribution in [0.5, 0.6) is 5.75 Å². The van der Waals surface area contributed by atoms with Gasteiger partial charge in [-0.2, -0.15) is 0 Å². The molecule has 0 amide bonds. The van der Waals surface area contributed by atoms with Crippen molar-refractivity contribution in [2.75, 3.05) is 20.3 Å². The highest BCUT2D eigenvalue weighted by Crippen LogP contribution is 2.17. The van der Waals surface area contributed by atoms with Gasteiger partial charge in [0, 0.05) is 19.1 Å². The number of rotatable bonds is 9. The fourth-order valence-electron chi connectivity index (χ4n) is 2.33. The van der Waals surface area contributed by atoms with Gasteiger partial charge in [-0.25, -0.2) is 0 Å². The maximum absolute atomic E-state index is 10.3. The van der Waals surface area contributed by atoms with Crippen molar-refractivity contribution in [3.05, 3.63) is 29.8 Å². The van der Waals surface area contributed by atoms with Crippen LogP contribution in [0.1, 0.15) is 46.6 Å². The molecule has 0 radical (unpaired) electrons. The number of ether oxygens (including phenoxy) is 2. The summed E-state index contributed by atoms with van der Waals surface area (Å²) in [4.78, 5) is 2.30. The van der Waals surface area contributed by atoms with Crippen molar-refractivity contribution in [2.45, 2.75) is 65.3 Å². The van der Waals surface area contributed by atoms with Crippen LogP contribution in [0.15, 0.2) is 24.3 Å². The average Bonchev–Trinajstić information content (AvgIpc) is 2.51. The van der Waals surface area contributed by atoms with Crippen LogP contribution in [0.2, 0.25) is 0 Å². The molecule has 1 aromatic rings. The Morgan fingerprint density at radius 2 is 1.96 bits per heavy atom. The number of aliphatic hydroxyl groups is 1. The predicted molar refractivity (Wildman–Crippen MR) is 94.9 cm³/mol. The van der Waals surface area contributed by atoms with E-state index in [1.165, 1.54) is 5.56 Å². The molecule has 0 saturated carbocycles. The van der Waals surface area contributed by atoms with Gasteiger partial charge < -0.3 is 14.6 Å². The lowest BCUT2D eigenvalue weighted by atomic mass is 10.1. The van der Waals surface area contributed by atoms with Gasteiger partial charge in [0.1, 0.15) is 5.75 Å². The van der Waals surface area contributed by atoms with Gasteiger partial charge in [0.05, 0.1) is 25.4 Å². The van der Waals surface area contributed by atoms with E-state index in [-0.39, 0.29) is 5.60 Å². The molecule has 132 valence electrons. The molecule has 0 bridgehead atoms. The molecule has 1 N–H and O–H groups in total. The third-order valence-corrected chi connectivity index (χ3v) is 3.89. The molecule has 0 aromatic heterocycles. The molecule has 0 unspecified atom stereocenters. The van der Waals surface area contributed by atoms with Crippen LogP contribution in [-0.4, -0.2) is 48.0 Å². The zero-order valence-corrected chi connectivity index (χ0v) is 15.5. The maximum atomic E-state index is 10.3. The van der Waals surface area contributed by atoms with Crippen LogP contribution in [0, 0.1) is 0 Å². The Morgan fingerprint density at radius 1 is 1.26 bits per heavy atom. The summed E-state index contributed by atoms with van der Waals surface area (Å²) in [5, 5.41) is 10.3. The third kappa shape index (κ3) is 7.82. The number of hydrogen-bond donors (Lipinski definition) is 1. The second kappa shape index (κ2) is 9.26. The first-order chi connectivity index (χ1) is 10.7. The molecular formula is C19H33NO3. The molecule has 4 heteroatoms. The SMILES string of the molecule is CC[C@H](C)N(Cc1cccc(OC)c1)C[C@@H](O)COC(C)(C)C. The van der Waals surface area contributed by atoms with Crippen molar-refractivity contribution in [1.82, 2.24) is 4.90 Å². The monoisotopic (exact) mass is 323 g/mol. The van der Waals surface area contributed by atoms with Crippen LogP contribution >= 0.6 is 0 Å². The molecule has 0 saturated heterocycles. The van der Waals surface area contributed by atoms with E-state index in [0.717, 1.165) is 18.7 Å². The topological polar surface area (TPSA) is 41.9 Å². The van der Waals surface area contributed by atoms with Crippen LogP contribution in [-0.2, 0) is 11.3 Å². The molecule has 0 fully saturated rings. The minimum atomic E-state index is -0.492. The van der Waals surface area contributed by atoms with E-state index in [1.807, 2.05) is 39.0 Å². The molecule has 0 aliphatic carbocycles. The first-order valence-electron chi connectivity index (χ1n) is 8.44. The quantitative estimate of drug-likeness (QED) is 0.755. The minimum Gasteiger partial charge on any atom is -0.497 e. The second-order valence-corrected chi connectivity index (χ2v) is 7.12. The van der Waals surface area contributed by atoms with Gasteiger partial charge in [0.25, 0.3) is 0 Å². The molecule has 0 heterocycles. The third-order valence-electron chi connectivity index (χ3n) is 3.89. The molecule has 0 spiro atoms. The van der Waals surface area contributed by atoms with Gasteiger partial charge in [-0.15, -0.1) is 0 Å². The van der Waals surface area contributed by atoms with Gasteiger partial charge >= 0.3 is 0 Å². The zero-order chi connectivity index (χ0) is 17.5. The summed E-state index contributed by atoms with van der Waals surface area (Å²) in [6.07, 6.45) is 0.547. The maximum Gasteiger partial charge on any atom is 0.119 e. The summed E-state index contributed by atoms with van der Waals surface area (Å²) in [6.45, 7) is 12.1. The van der Waals surface area contributed by atoms with E-state index >= 15 is 0 Å². The lowest BCUT2D eigenvalue weighted by molar-refractivity contribution is -0.0593. The largest absolute Gasteiger partial charge is 0.497 e. The normalized spacial score (nSPS) is 14.8. The number of nitrogens with zero attached hydrogens (tertiary/aromatic N) is 1. The summed E-state index contributed by atoms with van der Waals surface area (Å²) in [5.41, 5.74) is 0.961. The number of methoxy groups -OCH3 is 1. The van der Waals surface area contributed by atoms with Crippen molar-refractivity contribution < 1.29 is 14.6 Å². The van der Waals surface area contributed by atoms with Crippen LogP contribution < -0.4 is 4.74 Å². The summed E-state index contributed by atoms with van der Waals surface area (Å²) >= 11 is 0. The van der Waals surface area contributed by atoms with E-state index in [0.29, 0.717) is 19.2 Å². The van der Waals surface area contributed by atoms with Crippen LogP contribution in [0.3, 0.4) is 0 Å². The Bertz CT molecular complexity index is 456. The molecule has 2 atom stereocenters. The van der Waals surface area contributed by atoms with E-state index < -0.39 is 6.10 Å². The molecule has 0 aliphatic rings. The van der Waals surface area contributed by atoms with Gasteiger partial charge in [-0.1, -0.05) is 19.1 Å². The second-order valence-electron chi connectivity index (χ2n) is 7.12. The fourth-order valence-corrected chi connectivity index (χ4v) is 2.33. The van der Waals surface area contributed by atoms with Crippen molar-refractivity contribution >= 4 is 0 Å². The molecule has 1 rings (SSSR count). The molecular weight excluding hydrogens is 290 g/mol. The highest BCUT2D eigenvalue weighted by atomic mass is 16.5.